The van der Waals surface area contributed by atoms with Crippen LogP contribution in [0.3, 0.4) is 0 Å². The molecule has 15 heavy (non-hydrogen) atoms. The maximum Gasteiger partial charge on any atom is 0.237 e. The fraction of sp³-hybridized carbons (Fsp3) is 0.833. The summed E-state index contributed by atoms with van der Waals surface area (Å²) in [5, 5.41) is 11.4. The molecule has 3 nitrogen and oxygen atoms in total. The Morgan fingerprint density at radius 3 is 2.20 bits per heavy atom. The normalized spacial score (nSPS) is 24.0. The summed E-state index contributed by atoms with van der Waals surface area (Å²) in [6.07, 6.45) is 0. The first kappa shape index (κ1) is 12.0. The highest BCUT2D eigenvalue weighted by molar-refractivity contribution is 5.80. The zero-order chi connectivity index (χ0) is 11.9. The summed E-state index contributed by atoms with van der Waals surface area (Å²) in [5.41, 5.74) is 0.576. The van der Waals surface area contributed by atoms with Gasteiger partial charge in [0, 0.05) is 6.54 Å². The first-order valence-electron chi connectivity index (χ1n) is 5.42. The molecule has 84 valence electrons. The molecular formula is C12H20N2O. The van der Waals surface area contributed by atoms with E-state index in [1.807, 2.05) is 6.07 Å². The molecule has 0 heterocycles. The van der Waals surface area contributed by atoms with E-state index >= 15 is 0 Å². The predicted octanol–water partition coefficient (Wildman–Crippen LogP) is 1.94. The van der Waals surface area contributed by atoms with Gasteiger partial charge in [0.15, 0.2) is 0 Å². The third-order valence-corrected chi connectivity index (χ3v) is 4.39. The molecule has 3 heteroatoms. The average molecular weight is 208 g/mol. The van der Waals surface area contributed by atoms with E-state index in [9.17, 15) is 4.79 Å². The largest absolute Gasteiger partial charge is 0.355 e. The molecule has 1 N–H and O–H groups in total. The van der Waals surface area contributed by atoms with Crippen molar-refractivity contribution in [2.75, 3.05) is 6.54 Å². The van der Waals surface area contributed by atoms with Gasteiger partial charge in [-0.25, -0.2) is 0 Å². The second kappa shape index (κ2) is 3.52. The minimum absolute atomic E-state index is 0.156. The predicted molar refractivity (Wildman–Crippen MR) is 58.8 cm³/mol. The van der Waals surface area contributed by atoms with E-state index in [1.54, 1.807) is 6.92 Å². The van der Waals surface area contributed by atoms with Crippen LogP contribution in [0.2, 0.25) is 0 Å². The third kappa shape index (κ3) is 1.86. The Kier molecular flexibility index (Phi) is 2.82. The van der Waals surface area contributed by atoms with Crippen LogP contribution in [0.1, 0.15) is 34.6 Å². The van der Waals surface area contributed by atoms with E-state index in [-0.39, 0.29) is 16.7 Å². The molecular weight excluding hydrogens is 188 g/mol. The van der Waals surface area contributed by atoms with E-state index in [0.29, 0.717) is 12.5 Å². The summed E-state index contributed by atoms with van der Waals surface area (Å²) in [7, 11) is 0. The fourth-order valence-electron chi connectivity index (χ4n) is 2.26. The smallest absolute Gasteiger partial charge is 0.237 e. The van der Waals surface area contributed by atoms with Crippen LogP contribution < -0.4 is 5.32 Å². The molecule has 0 aliphatic heterocycles. The number of nitrogens with one attached hydrogen (secondary N) is 1. The highest BCUT2D eigenvalue weighted by Gasteiger charge is 2.64. The first-order valence-corrected chi connectivity index (χ1v) is 5.42. The Morgan fingerprint density at radius 1 is 1.40 bits per heavy atom. The monoisotopic (exact) mass is 208 g/mol. The van der Waals surface area contributed by atoms with E-state index in [2.05, 4.69) is 33.0 Å². The maximum atomic E-state index is 11.4. The van der Waals surface area contributed by atoms with Crippen LogP contribution in [0.5, 0.6) is 0 Å². The van der Waals surface area contributed by atoms with Gasteiger partial charge < -0.3 is 5.32 Å². The van der Waals surface area contributed by atoms with Crippen molar-refractivity contribution in [3.63, 3.8) is 0 Å². The zero-order valence-corrected chi connectivity index (χ0v) is 10.2. The molecule has 1 aliphatic rings. The number of nitriles is 1. The van der Waals surface area contributed by atoms with Gasteiger partial charge in [-0.05, 0) is 23.7 Å². The van der Waals surface area contributed by atoms with Gasteiger partial charge in [-0.1, -0.05) is 27.7 Å². The van der Waals surface area contributed by atoms with Crippen molar-refractivity contribution in [2.45, 2.75) is 34.6 Å². The molecule has 0 aromatic carbocycles. The van der Waals surface area contributed by atoms with Gasteiger partial charge in [0.2, 0.25) is 5.91 Å². The van der Waals surface area contributed by atoms with E-state index in [1.165, 1.54) is 0 Å². The van der Waals surface area contributed by atoms with Crippen molar-refractivity contribution in [1.82, 2.24) is 5.32 Å². The van der Waals surface area contributed by atoms with Gasteiger partial charge in [-0.15, -0.1) is 0 Å². The average Bonchev–Trinajstić information content (AvgIpc) is 2.53. The fourth-order valence-corrected chi connectivity index (χ4v) is 2.26. The third-order valence-electron chi connectivity index (χ3n) is 4.39. The Balaban J connectivity index is 2.42. The lowest BCUT2D eigenvalue weighted by Crippen LogP contribution is -2.31. The highest BCUT2D eigenvalue weighted by atomic mass is 16.1. The Morgan fingerprint density at radius 2 is 1.87 bits per heavy atom. The molecule has 0 saturated heterocycles. The lowest BCUT2D eigenvalue weighted by Gasteiger charge is -2.06. The molecule has 1 saturated carbocycles. The van der Waals surface area contributed by atoms with Crippen LogP contribution in [0.25, 0.3) is 0 Å². The van der Waals surface area contributed by atoms with Crippen molar-refractivity contribution in [1.29, 1.82) is 5.26 Å². The lowest BCUT2D eigenvalue weighted by molar-refractivity contribution is -0.123. The Hall–Kier alpha value is -1.04. The van der Waals surface area contributed by atoms with Crippen LogP contribution in [-0.2, 0) is 4.79 Å². The van der Waals surface area contributed by atoms with E-state index < -0.39 is 5.92 Å². The van der Waals surface area contributed by atoms with Gasteiger partial charge in [0.25, 0.3) is 0 Å². The summed E-state index contributed by atoms with van der Waals surface area (Å²) < 4.78 is 0. The second-order valence-corrected chi connectivity index (χ2v) is 5.59. The molecule has 1 amide bonds. The topological polar surface area (TPSA) is 52.9 Å². The van der Waals surface area contributed by atoms with Crippen LogP contribution >= 0.6 is 0 Å². The zero-order valence-electron chi connectivity index (χ0n) is 10.2. The molecule has 0 aromatic rings. The maximum absolute atomic E-state index is 11.4. The minimum Gasteiger partial charge on any atom is -0.355 e. The minimum atomic E-state index is -0.546. The molecule has 1 aliphatic carbocycles. The van der Waals surface area contributed by atoms with Crippen LogP contribution in [-0.4, -0.2) is 12.5 Å². The highest BCUT2D eigenvalue weighted by Crippen LogP contribution is 2.67. The van der Waals surface area contributed by atoms with Crippen LogP contribution in [0.4, 0.5) is 0 Å². The summed E-state index contributed by atoms with van der Waals surface area (Å²) >= 11 is 0. The Labute approximate surface area is 91.9 Å². The van der Waals surface area contributed by atoms with Crippen molar-refractivity contribution in [2.24, 2.45) is 22.7 Å². The molecule has 1 rings (SSSR count). The van der Waals surface area contributed by atoms with Crippen molar-refractivity contribution < 1.29 is 4.79 Å². The SMILES string of the molecule is CC(C#N)C(=O)NCC1C(C)(C)C1(C)C. The standard InChI is InChI=1S/C12H20N2O/c1-8(6-13)10(15)14-7-9-11(2,3)12(9,4)5/h8-9H,7H2,1-5H3,(H,14,15). The number of rotatable bonds is 3. The van der Waals surface area contributed by atoms with Gasteiger partial charge in [0.05, 0.1) is 6.07 Å². The van der Waals surface area contributed by atoms with Crippen molar-refractivity contribution in [3.05, 3.63) is 0 Å². The number of hydrogen-bond donors (Lipinski definition) is 1. The molecule has 0 radical (unpaired) electrons. The summed E-state index contributed by atoms with van der Waals surface area (Å²) in [6.45, 7) is 11.2. The second-order valence-electron chi connectivity index (χ2n) is 5.59. The van der Waals surface area contributed by atoms with Gasteiger partial charge in [-0.2, -0.15) is 5.26 Å². The number of amides is 1. The Bertz CT molecular complexity index is 298. The molecule has 1 fully saturated rings. The summed E-state index contributed by atoms with van der Waals surface area (Å²) in [6, 6.07) is 1.94. The van der Waals surface area contributed by atoms with Gasteiger partial charge in [-0.3, -0.25) is 4.79 Å². The van der Waals surface area contributed by atoms with E-state index in [0.717, 1.165) is 0 Å². The summed E-state index contributed by atoms with van der Waals surface area (Å²) in [5.74, 6) is -0.189. The van der Waals surface area contributed by atoms with E-state index in [4.69, 9.17) is 5.26 Å². The quantitative estimate of drug-likeness (QED) is 0.770. The number of hydrogen-bond acceptors (Lipinski definition) is 2. The first-order chi connectivity index (χ1) is 6.75. The summed E-state index contributed by atoms with van der Waals surface area (Å²) in [4.78, 5) is 11.4. The van der Waals surface area contributed by atoms with Crippen LogP contribution in [0, 0.1) is 34.0 Å². The van der Waals surface area contributed by atoms with Crippen LogP contribution in [0.15, 0.2) is 0 Å². The number of carbonyl (C=O) groups excluding carboxylic acids is 1. The van der Waals surface area contributed by atoms with Crippen molar-refractivity contribution in [3.8, 4) is 6.07 Å². The molecule has 0 bridgehead atoms. The number of nitrogens with zero attached hydrogens (tertiary/aromatic N) is 1. The number of carbonyl (C=O) groups is 1. The lowest BCUT2D eigenvalue weighted by atomic mass is 10.0. The molecule has 1 unspecified atom stereocenters. The molecule has 0 spiro atoms. The molecule has 1 atom stereocenters. The van der Waals surface area contributed by atoms with Gasteiger partial charge >= 0.3 is 0 Å². The molecule has 0 aromatic heterocycles. The van der Waals surface area contributed by atoms with Crippen molar-refractivity contribution >= 4 is 5.91 Å². The van der Waals surface area contributed by atoms with Gasteiger partial charge in [0.1, 0.15) is 5.92 Å².